The molecule has 0 bridgehead atoms. The summed E-state index contributed by atoms with van der Waals surface area (Å²) < 4.78 is 5.42. The average Bonchev–Trinajstić information content (AvgIpc) is 3.03. The van der Waals surface area contributed by atoms with Crippen LogP contribution in [0.2, 0.25) is 0 Å². The van der Waals surface area contributed by atoms with Crippen LogP contribution in [0, 0.1) is 0 Å². The first-order valence-corrected chi connectivity index (χ1v) is 8.09. The molecule has 2 aliphatic heterocycles. The summed E-state index contributed by atoms with van der Waals surface area (Å²) in [5.74, 6) is 0.246. The maximum Gasteiger partial charge on any atom is 0.245 e. The Bertz CT molecular complexity index is 426. The molecule has 6 heteroatoms. The van der Waals surface area contributed by atoms with Crippen LogP contribution in [0.1, 0.15) is 10.9 Å². The predicted molar refractivity (Wildman–Crippen MR) is 78.9 cm³/mol. The topological polar surface area (TPSA) is 44.8 Å². The Morgan fingerprint density at radius 1 is 1.25 bits per heavy atom. The summed E-state index contributed by atoms with van der Waals surface area (Å²) in [5, 5.41) is 5.35. The lowest BCUT2D eigenvalue weighted by molar-refractivity contribution is -0.139. The number of amides is 1. The quantitative estimate of drug-likeness (QED) is 0.885. The Morgan fingerprint density at radius 2 is 2.00 bits per heavy atom. The molecule has 0 spiro atoms. The highest BCUT2D eigenvalue weighted by Crippen LogP contribution is 2.28. The first kappa shape index (κ1) is 14.0. The fraction of sp³-hybridized carbons (Fsp3) is 0.643. The Hall–Kier alpha value is -0.950. The molecule has 1 unspecified atom stereocenters. The third kappa shape index (κ3) is 3.03. The number of nitrogens with one attached hydrogen (secondary N) is 1. The number of thiophene rings is 1. The number of rotatable bonds is 3. The molecular formula is C14H21N3O2S. The number of ether oxygens (including phenoxy) is 1. The SMILES string of the molecule is O=C(C(c1cccs1)N1CCOCC1)N1CCNCC1. The van der Waals surface area contributed by atoms with E-state index in [1.54, 1.807) is 11.3 Å². The van der Waals surface area contributed by atoms with Crippen LogP contribution < -0.4 is 5.32 Å². The fourth-order valence-electron chi connectivity index (χ4n) is 2.80. The van der Waals surface area contributed by atoms with Crippen LogP contribution in [0.25, 0.3) is 0 Å². The van der Waals surface area contributed by atoms with E-state index in [-0.39, 0.29) is 11.9 Å². The van der Waals surface area contributed by atoms with Gasteiger partial charge >= 0.3 is 0 Å². The summed E-state index contributed by atoms with van der Waals surface area (Å²) in [6.07, 6.45) is 0. The minimum atomic E-state index is -0.128. The van der Waals surface area contributed by atoms with Crippen LogP contribution in [-0.4, -0.2) is 68.2 Å². The molecule has 2 aliphatic rings. The predicted octanol–water partition coefficient (Wildman–Crippen LogP) is 0.553. The molecule has 1 N–H and O–H groups in total. The number of hydrogen-bond acceptors (Lipinski definition) is 5. The first-order valence-electron chi connectivity index (χ1n) is 7.21. The van der Waals surface area contributed by atoms with Gasteiger partial charge in [-0.25, -0.2) is 0 Å². The van der Waals surface area contributed by atoms with Crippen LogP contribution in [0.5, 0.6) is 0 Å². The van der Waals surface area contributed by atoms with E-state index in [1.807, 2.05) is 16.3 Å². The highest BCUT2D eigenvalue weighted by Gasteiger charge is 2.33. The van der Waals surface area contributed by atoms with Crippen molar-refractivity contribution in [2.75, 3.05) is 52.5 Å². The summed E-state index contributed by atoms with van der Waals surface area (Å²) in [5.41, 5.74) is 0. The maximum absolute atomic E-state index is 12.9. The first-order chi connectivity index (χ1) is 9.86. The highest BCUT2D eigenvalue weighted by molar-refractivity contribution is 7.10. The van der Waals surface area contributed by atoms with E-state index in [0.717, 1.165) is 57.4 Å². The van der Waals surface area contributed by atoms with Crippen molar-refractivity contribution in [1.29, 1.82) is 0 Å². The number of carbonyl (C=O) groups is 1. The van der Waals surface area contributed by atoms with Crippen molar-refractivity contribution >= 4 is 17.2 Å². The molecule has 0 radical (unpaired) electrons. The van der Waals surface area contributed by atoms with E-state index in [9.17, 15) is 4.79 Å². The maximum atomic E-state index is 12.9. The van der Waals surface area contributed by atoms with E-state index in [1.165, 1.54) is 0 Å². The van der Waals surface area contributed by atoms with E-state index in [0.29, 0.717) is 0 Å². The van der Waals surface area contributed by atoms with Gasteiger partial charge in [0.2, 0.25) is 5.91 Å². The smallest absolute Gasteiger partial charge is 0.245 e. The largest absolute Gasteiger partial charge is 0.379 e. The van der Waals surface area contributed by atoms with Crippen molar-refractivity contribution in [1.82, 2.24) is 15.1 Å². The zero-order valence-electron chi connectivity index (χ0n) is 11.6. The minimum absolute atomic E-state index is 0.128. The second kappa shape index (κ2) is 6.67. The Kier molecular flexibility index (Phi) is 4.67. The van der Waals surface area contributed by atoms with Crippen LogP contribution in [0.15, 0.2) is 17.5 Å². The van der Waals surface area contributed by atoms with Crippen LogP contribution >= 0.6 is 11.3 Å². The number of nitrogens with zero attached hydrogens (tertiary/aromatic N) is 2. The van der Waals surface area contributed by atoms with Crippen molar-refractivity contribution in [2.45, 2.75) is 6.04 Å². The molecule has 2 saturated heterocycles. The Balaban J connectivity index is 1.78. The number of hydrogen-bond donors (Lipinski definition) is 1. The van der Waals surface area contributed by atoms with Gasteiger partial charge in [0, 0.05) is 44.1 Å². The number of morpholine rings is 1. The molecule has 2 fully saturated rings. The standard InChI is InChI=1S/C14H21N3O2S/c18-14(17-5-3-15-4-6-17)13(12-2-1-11-20-12)16-7-9-19-10-8-16/h1-2,11,13,15H,3-10H2. The van der Waals surface area contributed by atoms with Gasteiger partial charge in [0.05, 0.1) is 13.2 Å². The molecule has 20 heavy (non-hydrogen) atoms. The lowest BCUT2D eigenvalue weighted by atomic mass is 10.1. The van der Waals surface area contributed by atoms with Gasteiger partial charge in [-0.1, -0.05) is 6.07 Å². The number of carbonyl (C=O) groups excluding carboxylic acids is 1. The molecular weight excluding hydrogens is 274 g/mol. The van der Waals surface area contributed by atoms with E-state index in [4.69, 9.17) is 4.74 Å². The minimum Gasteiger partial charge on any atom is -0.379 e. The Morgan fingerprint density at radius 3 is 2.65 bits per heavy atom. The molecule has 0 aromatic carbocycles. The average molecular weight is 295 g/mol. The van der Waals surface area contributed by atoms with E-state index < -0.39 is 0 Å². The zero-order valence-corrected chi connectivity index (χ0v) is 12.4. The van der Waals surface area contributed by atoms with Gasteiger partial charge in [-0.15, -0.1) is 11.3 Å². The zero-order chi connectivity index (χ0) is 13.8. The van der Waals surface area contributed by atoms with Gasteiger partial charge in [-0.2, -0.15) is 0 Å². The molecule has 5 nitrogen and oxygen atoms in total. The fourth-order valence-corrected chi connectivity index (χ4v) is 3.65. The third-order valence-electron chi connectivity index (χ3n) is 3.89. The third-order valence-corrected chi connectivity index (χ3v) is 4.81. The summed E-state index contributed by atoms with van der Waals surface area (Å²) >= 11 is 1.67. The van der Waals surface area contributed by atoms with Crippen LogP contribution in [0.3, 0.4) is 0 Å². The van der Waals surface area contributed by atoms with Gasteiger partial charge in [-0.05, 0) is 11.4 Å². The molecule has 1 atom stereocenters. The molecule has 1 aromatic heterocycles. The van der Waals surface area contributed by atoms with Gasteiger partial charge in [0.15, 0.2) is 0 Å². The lowest BCUT2D eigenvalue weighted by Crippen LogP contribution is -2.52. The van der Waals surface area contributed by atoms with E-state index in [2.05, 4.69) is 16.3 Å². The van der Waals surface area contributed by atoms with Crippen molar-refractivity contribution in [3.63, 3.8) is 0 Å². The van der Waals surface area contributed by atoms with Crippen LogP contribution in [0.4, 0.5) is 0 Å². The van der Waals surface area contributed by atoms with Gasteiger partial charge < -0.3 is 15.0 Å². The summed E-state index contributed by atoms with van der Waals surface area (Å²) in [7, 11) is 0. The van der Waals surface area contributed by atoms with Gasteiger partial charge in [0.1, 0.15) is 6.04 Å². The lowest BCUT2D eigenvalue weighted by Gasteiger charge is -2.37. The van der Waals surface area contributed by atoms with Crippen molar-refractivity contribution in [2.24, 2.45) is 0 Å². The molecule has 110 valence electrons. The second-order valence-corrected chi connectivity index (χ2v) is 6.12. The normalized spacial score (nSPS) is 22.7. The van der Waals surface area contributed by atoms with Crippen molar-refractivity contribution in [3.05, 3.63) is 22.4 Å². The number of piperazine rings is 1. The Labute approximate surface area is 123 Å². The van der Waals surface area contributed by atoms with Gasteiger partial charge in [-0.3, -0.25) is 9.69 Å². The molecule has 1 amide bonds. The second-order valence-electron chi connectivity index (χ2n) is 5.14. The molecule has 3 heterocycles. The highest BCUT2D eigenvalue weighted by atomic mass is 32.1. The van der Waals surface area contributed by atoms with Crippen molar-refractivity contribution in [3.8, 4) is 0 Å². The van der Waals surface area contributed by atoms with E-state index >= 15 is 0 Å². The monoisotopic (exact) mass is 295 g/mol. The molecule has 3 rings (SSSR count). The van der Waals surface area contributed by atoms with Crippen molar-refractivity contribution < 1.29 is 9.53 Å². The molecule has 0 saturated carbocycles. The molecule has 1 aromatic rings. The summed E-state index contributed by atoms with van der Waals surface area (Å²) in [4.78, 5) is 18.3. The summed E-state index contributed by atoms with van der Waals surface area (Å²) in [6.45, 7) is 6.52. The van der Waals surface area contributed by atoms with Gasteiger partial charge in [0.25, 0.3) is 0 Å². The van der Waals surface area contributed by atoms with Crippen LogP contribution in [-0.2, 0) is 9.53 Å². The summed E-state index contributed by atoms with van der Waals surface area (Å²) in [6, 6.07) is 3.97. The molecule has 0 aliphatic carbocycles.